The number of hydrogen-bond acceptors (Lipinski definition) is 4. The van der Waals surface area contributed by atoms with Gasteiger partial charge in [-0.25, -0.2) is 13.9 Å². The maximum absolute atomic E-state index is 15.4. The zero-order chi connectivity index (χ0) is 20.2. The van der Waals surface area contributed by atoms with Crippen molar-refractivity contribution in [2.75, 3.05) is 6.54 Å². The number of halogens is 1. The molecule has 0 unspecified atom stereocenters. The summed E-state index contributed by atoms with van der Waals surface area (Å²) in [5.74, 6) is -0.618. The molecule has 30 heavy (non-hydrogen) atoms. The van der Waals surface area contributed by atoms with Gasteiger partial charge in [-0.05, 0) is 24.3 Å². The molecule has 0 spiro atoms. The van der Waals surface area contributed by atoms with Gasteiger partial charge in [-0.2, -0.15) is 5.10 Å². The third-order valence-electron chi connectivity index (χ3n) is 5.65. The standard InChI is InChI=1S/C22H16FN5O2/c23-18-13-5-1-2-7-17(13)30-21(18)20-19-15(24-12-25-19)8-10-27(20)22(29)14-11-26-28-9-4-3-6-16(14)28/h1-7,9,11-12,20H,8,10H2,(H,24,25)/t20-/m0/s1. The molecule has 1 atom stereocenters. The lowest BCUT2D eigenvalue weighted by molar-refractivity contribution is 0.0670. The van der Waals surface area contributed by atoms with E-state index in [0.29, 0.717) is 40.7 Å². The van der Waals surface area contributed by atoms with Gasteiger partial charge in [-0.1, -0.05) is 18.2 Å². The Morgan fingerprint density at radius 3 is 2.97 bits per heavy atom. The minimum atomic E-state index is -0.765. The zero-order valence-corrected chi connectivity index (χ0v) is 15.7. The molecule has 0 aliphatic carbocycles. The van der Waals surface area contributed by atoms with Gasteiger partial charge in [0.25, 0.3) is 5.91 Å². The first kappa shape index (κ1) is 17.0. The molecule has 148 valence electrons. The Labute approximate surface area is 169 Å². The van der Waals surface area contributed by atoms with E-state index in [1.165, 1.54) is 0 Å². The van der Waals surface area contributed by atoms with Crippen LogP contribution >= 0.6 is 0 Å². The monoisotopic (exact) mass is 401 g/mol. The molecule has 1 aromatic carbocycles. The Kier molecular flexibility index (Phi) is 3.55. The van der Waals surface area contributed by atoms with Crippen molar-refractivity contribution in [1.29, 1.82) is 0 Å². The molecule has 8 heteroatoms. The van der Waals surface area contributed by atoms with Crippen LogP contribution in [-0.2, 0) is 6.42 Å². The van der Waals surface area contributed by atoms with Gasteiger partial charge >= 0.3 is 0 Å². The van der Waals surface area contributed by atoms with E-state index in [2.05, 4.69) is 15.1 Å². The number of amides is 1. The molecular formula is C22H16FN5O2. The third kappa shape index (κ3) is 2.33. The smallest absolute Gasteiger partial charge is 0.258 e. The van der Waals surface area contributed by atoms with Crippen molar-refractivity contribution in [3.8, 4) is 0 Å². The number of aromatic amines is 1. The number of para-hydroxylation sites is 1. The molecule has 4 aromatic heterocycles. The number of hydrogen-bond donors (Lipinski definition) is 1. The van der Waals surface area contributed by atoms with Gasteiger partial charge in [0.15, 0.2) is 11.6 Å². The number of nitrogens with one attached hydrogen (secondary N) is 1. The molecule has 5 aromatic rings. The second kappa shape index (κ2) is 6.28. The molecule has 1 aliphatic heterocycles. The van der Waals surface area contributed by atoms with Crippen LogP contribution in [0.2, 0.25) is 0 Å². The topological polar surface area (TPSA) is 79.4 Å². The van der Waals surface area contributed by atoms with Crippen molar-refractivity contribution in [2.24, 2.45) is 0 Å². The van der Waals surface area contributed by atoms with Crippen molar-refractivity contribution < 1.29 is 13.6 Å². The molecule has 0 radical (unpaired) electrons. The van der Waals surface area contributed by atoms with Gasteiger partial charge in [0.1, 0.15) is 11.6 Å². The van der Waals surface area contributed by atoms with Gasteiger partial charge in [-0.3, -0.25) is 4.79 Å². The van der Waals surface area contributed by atoms with Gasteiger partial charge in [0.2, 0.25) is 0 Å². The predicted octanol–water partition coefficient (Wildman–Crippen LogP) is 3.73. The first-order valence-corrected chi connectivity index (χ1v) is 9.65. The molecule has 1 N–H and O–H groups in total. The SMILES string of the molecule is O=C(c1cnn2ccccc12)N1CCc2[nH]cnc2[C@H]1c1oc2ccccc2c1F. The number of carbonyl (C=O) groups excluding carboxylic acids is 1. The summed E-state index contributed by atoms with van der Waals surface area (Å²) >= 11 is 0. The largest absolute Gasteiger partial charge is 0.455 e. The number of benzene rings is 1. The van der Waals surface area contributed by atoms with Gasteiger partial charge in [-0.15, -0.1) is 0 Å². The first-order valence-electron chi connectivity index (χ1n) is 9.65. The van der Waals surface area contributed by atoms with Gasteiger partial charge < -0.3 is 14.3 Å². The van der Waals surface area contributed by atoms with E-state index < -0.39 is 11.9 Å². The van der Waals surface area contributed by atoms with Crippen molar-refractivity contribution in [3.05, 3.63) is 89.7 Å². The van der Waals surface area contributed by atoms with Gasteiger partial charge in [0, 0.05) is 24.9 Å². The lowest BCUT2D eigenvalue weighted by atomic mass is 9.99. The average Bonchev–Trinajstić information content (AvgIpc) is 3.50. The highest BCUT2D eigenvalue weighted by Gasteiger charge is 2.39. The molecular weight excluding hydrogens is 385 g/mol. The summed E-state index contributed by atoms with van der Waals surface area (Å²) in [4.78, 5) is 22.7. The number of aromatic nitrogens is 4. The molecule has 5 heterocycles. The van der Waals surface area contributed by atoms with Crippen LogP contribution in [0.3, 0.4) is 0 Å². The Balaban J connectivity index is 1.52. The first-order chi connectivity index (χ1) is 14.7. The van der Waals surface area contributed by atoms with Crippen LogP contribution in [0.1, 0.15) is 33.5 Å². The Morgan fingerprint density at radius 1 is 1.20 bits per heavy atom. The molecule has 0 fully saturated rings. The Morgan fingerprint density at radius 2 is 2.07 bits per heavy atom. The fourth-order valence-corrected chi connectivity index (χ4v) is 4.22. The number of fused-ring (bicyclic) bond motifs is 3. The van der Waals surface area contributed by atoms with Crippen molar-refractivity contribution >= 4 is 22.4 Å². The molecule has 6 rings (SSSR count). The Hall–Kier alpha value is -3.94. The number of nitrogens with zero attached hydrogens (tertiary/aromatic N) is 4. The molecule has 1 amide bonds. The van der Waals surface area contributed by atoms with Crippen LogP contribution < -0.4 is 0 Å². The highest BCUT2D eigenvalue weighted by molar-refractivity contribution is 6.01. The molecule has 7 nitrogen and oxygen atoms in total. The van der Waals surface area contributed by atoms with Crippen LogP contribution in [0.15, 0.2) is 65.6 Å². The van der Waals surface area contributed by atoms with E-state index in [1.54, 1.807) is 52.4 Å². The summed E-state index contributed by atoms with van der Waals surface area (Å²) in [5.41, 5.74) is 3.07. The number of furan rings is 1. The molecule has 0 bridgehead atoms. The summed E-state index contributed by atoms with van der Waals surface area (Å²) in [6, 6.07) is 11.7. The Bertz CT molecular complexity index is 1420. The highest BCUT2D eigenvalue weighted by atomic mass is 19.1. The van der Waals surface area contributed by atoms with Crippen molar-refractivity contribution in [3.63, 3.8) is 0 Å². The summed E-state index contributed by atoms with van der Waals surface area (Å²) in [6.07, 6.45) is 5.49. The fourth-order valence-electron chi connectivity index (χ4n) is 4.22. The van der Waals surface area contributed by atoms with Gasteiger partial charge in [0.05, 0.1) is 34.7 Å². The highest BCUT2D eigenvalue weighted by Crippen LogP contribution is 2.39. The number of H-pyrrole nitrogens is 1. The number of rotatable bonds is 2. The van der Waals surface area contributed by atoms with Crippen molar-refractivity contribution in [1.82, 2.24) is 24.5 Å². The van der Waals surface area contributed by atoms with E-state index in [9.17, 15) is 4.79 Å². The maximum Gasteiger partial charge on any atom is 0.258 e. The summed E-state index contributed by atoms with van der Waals surface area (Å²) in [7, 11) is 0. The number of pyridine rings is 1. The second-order valence-corrected chi connectivity index (χ2v) is 7.28. The summed E-state index contributed by atoms with van der Waals surface area (Å²) in [6.45, 7) is 0.402. The van der Waals surface area contributed by atoms with Crippen LogP contribution in [0.4, 0.5) is 4.39 Å². The molecule has 0 saturated carbocycles. The third-order valence-corrected chi connectivity index (χ3v) is 5.65. The number of imidazole rings is 1. The zero-order valence-electron chi connectivity index (χ0n) is 15.7. The van der Waals surface area contributed by atoms with E-state index in [4.69, 9.17) is 4.42 Å². The minimum Gasteiger partial charge on any atom is -0.455 e. The van der Waals surface area contributed by atoms with E-state index >= 15 is 4.39 Å². The average molecular weight is 401 g/mol. The lowest BCUT2D eigenvalue weighted by Crippen LogP contribution is -2.41. The van der Waals surface area contributed by atoms with E-state index in [1.807, 2.05) is 18.2 Å². The second-order valence-electron chi connectivity index (χ2n) is 7.28. The number of carbonyl (C=O) groups is 1. The fraction of sp³-hybridized carbons (Fsp3) is 0.136. The van der Waals surface area contributed by atoms with E-state index in [0.717, 1.165) is 5.69 Å². The van der Waals surface area contributed by atoms with E-state index in [-0.39, 0.29) is 11.7 Å². The normalized spacial score (nSPS) is 16.3. The lowest BCUT2D eigenvalue weighted by Gasteiger charge is -2.33. The quantitative estimate of drug-likeness (QED) is 0.489. The van der Waals surface area contributed by atoms with Crippen LogP contribution in [-0.4, -0.2) is 36.9 Å². The molecule has 0 saturated heterocycles. The van der Waals surface area contributed by atoms with Crippen molar-refractivity contribution in [2.45, 2.75) is 12.5 Å². The predicted molar refractivity (Wildman–Crippen MR) is 107 cm³/mol. The van der Waals surface area contributed by atoms with Crippen LogP contribution in [0.5, 0.6) is 0 Å². The minimum absolute atomic E-state index is 0.0917. The molecule has 1 aliphatic rings. The maximum atomic E-state index is 15.4. The summed E-state index contributed by atoms with van der Waals surface area (Å²) < 4.78 is 22.9. The van der Waals surface area contributed by atoms with Crippen LogP contribution in [0.25, 0.3) is 16.5 Å². The summed E-state index contributed by atoms with van der Waals surface area (Å²) in [5, 5.41) is 4.66. The van der Waals surface area contributed by atoms with Crippen LogP contribution in [0, 0.1) is 5.82 Å².